The Morgan fingerprint density at radius 3 is 2.85 bits per heavy atom. The summed E-state index contributed by atoms with van der Waals surface area (Å²) in [7, 11) is 0. The van der Waals surface area contributed by atoms with E-state index in [-0.39, 0.29) is 12.3 Å². The Labute approximate surface area is 85.7 Å². The molecule has 74 valence electrons. The number of hydrogen-bond donors (Lipinski definition) is 0. The van der Waals surface area contributed by atoms with Gasteiger partial charge in [-0.05, 0) is 6.92 Å². The maximum Gasteiger partial charge on any atom is 0.356 e. The smallest absolute Gasteiger partial charge is 0.356 e. The summed E-state index contributed by atoms with van der Waals surface area (Å²) >= 11 is 3.10. The van der Waals surface area contributed by atoms with E-state index in [0.29, 0.717) is 11.9 Å². The van der Waals surface area contributed by atoms with Crippen LogP contribution in [0.15, 0.2) is 17.8 Å². The first-order valence-electron chi connectivity index (χ1n) is 3.79. The van der Waals surface area contributed by atoms with E-state index in [4.69, 9.17) is 9.57 Å². The second-order valence-corrected chi connectivity index (χ2v) is 2.54. The van der Waals surface area contributed by atoms with Crippen LogP contribution in [0.2, 0.25) is 0 Å². The lowest BCUT2D eigenvalue weighted by Gasteiger charge is -2.01. The SMILES string of the molecule is C=CCON=C(CBr)C(=O)OCC. The van der Waals surface area contributed by atoms with Crippen LogP contribution >= 0.6 is 15.9 Å². The highest BCUT2D eigenvalue weighted by molar-refractivity contribution is 9.09. The lowest BCUT2D eigenvalue weighted by Crippen LogP contribution is -2.19. The monoisotopic (exact) mass is 249 g/mol. The molecule has 0 aromatic carbocycles. The van der Waals surface area contributed by atoms with Crippen molar-refractivity contribution in [2.45, 2.75) is 6.92 Å². The lowest BCUT2D eigenvalue weighted by molar-refractivity contribution is -0.135. The van der Waals surface area contributed by atoms with Gasteiger partial charge in [0.05, 0.1) is 11.9 Å². The van der Waals surface area contributed by atoms with Crippen molar-refractivity contribution in [1.82, 2.24) is 0 Å². The summed E-state index contributed by atoms with van der Waals surface area (Å²) in [6.07, 6.45) is 1.54. The Hall–Kier alpha value is -0.840. The molecule has 0 saturated heterocycles. The molecule has 0 bridgehead atoms. The van der Waals surface area contributed by atoms with Crippen molar-refractivity contribution in [2.24, 2.45) is 5.16 Å². The number of hydrogen-bond acceptors (Lipinski definition) is 4. The largest absolute Gasteiger partial charge is 0.461 e. The number of rotatable bonds is 6. The lowest BCUT2D eigenvalue weighted by atomic mass is 10.4. The summed E-state index contributed by atoms with van der Waals surface area (Å²) < 4.78 is 4.72. The van der Waals surface area contributed by atoms with Crippen LogP contribution in [-0.4, -0.2) is 30.2 Å². The normalized spacial score (nSPS) is 10.8. The van der Waals surface area contributed by atoms with Crippen LogP contribution in [0.5, 0.6) is 0 Å². The van der Waals surface area contributed by atoms with Gasteiger partial charge >= 0.3 is 5.97 Å². The zero-order valence-corrected chi connectivity index (χ0v) is 9.04. The van der Waals surface area contributed by atoms with Crippen LogP contribution < -0.4 is 0 Å². The first-order valence-corrected chi connectivity index (χ1v) is 4.91. The number of alkyl halides is 1. The highest BCUT2D eigenvalue weighted by atomic mass is 79.9. The van der Waals surface area contributed by atoms with E-state index >= 15 is 0 Å². The molecular formula is C8H12BrNO3. The van der Waals surface area contributed by atoms with Crippen LogP contribution in [-0.2, 0) is 14.4 Å². The molecule has 0 aliphatic heterocycles. The van der Waals surface area contributed by atoms with Crippen LogP contribution in [0.3, 0.4) is 0 Å². The van der Waals surface area contributed by atoms with Gasteiger partial charge in [0.2, 0.25) is 0 Å². The molecule has 0 spiro atoms. The van der Waals surface area contributed by atoms with Gasteiger partial charge in [0.25, 0.3) is 0 Å². The summed E-state index contributed by atoms with van der Waals surface area (Å²) in [5.41, 5.74) is 0.212. The van der Waals surface area contributed by atoms with Crippen molar-refractivity contribution in [3.05, 3.63) is 12.7 Å². The van der Waals surface area contributed by atoms with Gasteiger partial charge in [0.1, 0.15) is 6.61 Å². The Kier molecular flexibility index (Phi) is 7.29. The number of ether oxygens (including phenoxy) is 1. The molecule has 0 amide bonds. The van der Waals surface area contributed by atoms with E-state index < -0.39 is 5.97 Å². The van der Waals surface area contributed by atoms with E-state index in [1.54, 1.807) is 13.0 Å². The first kappa shape index (κ1) is 12.2. The van der Waals surface area contributed by atoms with Gasteiger partial charge in [0.15, 0.2) is 5.71 Å². The first-order chi connectivity index (χ1) is 6.26. The van der Waals surface area contributed by atoms with E-state index in [9.17, 15) is 4.79 Å². The van der Waals surface area contributed by atoms with E-state index in [0.717, 1.165) is 0 Å². The fraction of sp³-hybridized carbons (Fsp3) is 0.500. The molecule has 0 unspecified atom stereocenters. The summed E-state index contributed by atoms with van der Waals surface area (Å²) in [6.45, 7) is 5.77. The molecule has 0 aliphatic rings. The summed E-state index contributed by atoms with van der Waals surface area (Å²) in [5, 5.41) is 3.88. The van der Waals surface area contributed by atoms with Gasteiger partial charge in [-0.3, -0.25) is 0 Å². The molecule has 0 atom stereocenters. The molecule has 0 aliphatic carbocycles. The molecule has 4 nitrogen and oxygen atoms in total. The van der Waals surface area contributed by atoms with Gasteiger partial charge < -0.3 is 9.57 Å². The number of nitrogens with zero attached hydrogens (tertiary/aromatic N) is 1. The number of halogens is 1. The van der Waals surface area contributed by atoms with E-state index in [1.807, 2.05) is 0 Å². The fourth-order valence-electron chi connectivity index (χ4n) is 0.499. The highest BCUT2D eigenvalue weighted by Gasteiger charge is 2.11. The quantitative estimate of drug-likeness (QED) is 0.179. The minimum Gasteiger partial charge on any atom is -0.461 e. The highest BCUT2D eigenvalue weighted by Crippen LogP contribution is 1.92. The predicted molar refractivity (Wildman–Crippen MR) is 54.0 cm³/mol. The standard InChI is InChI=1S/C8H12BrNO3/c1-3-5-13-10-7(6-9)8(11)12-4-2/h3H,1,4-6H2,2H3. The van der Waals surface area contributed by atoms with E-state index in [2.05, 4.69) is 27.7 Å². The van der Waals surface area contributed by atoms with Crippen LogP contribution in [0.25, 0.3) is 0 Å². The number of carbonyl (C=O) groups is 1. The minimum absolute atomic E-state index is 0.212. The Morgan fingerprint density at radius 1 is 1.69 bits per heavy atom. The van der Waals surface area contributed by atoms with Gasteiger partial charge in [-0.1, -0.05) is 33.7 Å². The fourth-order valence-corrected chi connectivity index (χ4v) is 0.830. The zero-order chi connectivity index (χ0) is 10.1. The van der Waals surface area contributed by atoms with Gasteiger partial charge in [-0.25, -0.2) is 4.79 Å². The number of esters is 1. The molecule has 5 heteroatoms. The molecule has 0 heterocycles. The third kappa shape index (κ3) is 5.41. The van der Waals surface area contributed by atoms with Crippen molar-refractivity contribution in [3.8, 4) is 0 Å². The van der Waals surface area contributed by atoms with Crippen LogP contribution in [0.1, 0.15) is 6.92 Å². The molecule has 0 radical (unpaired) electrons. The van der Waals surface area contributed by atoms with Crippen LogP contribution in [0.4, 0.5) is 0 Å². The van der Waals surface area contributed by atoms with Crippen molar-refractivity contribution in [3.63, 3.8) is 0 Å². The minimum atomic E-state index is -0.469. The van der Waals surface area contributed by atoms with Crippen molar-refractivity contribution < 1.29 is 14.4 Å². The number of carbonyl (C=O) groups excluding carboxylic acids is 1. The van der Waals surface area contributed by atoms with Crippen LogP contribution in [0, 0.1) is 0 Å². The predicted octanol–water partition coefficient (Wildman–Crippen LogP) is 1.50. The second-order valence-electron chi connectivity index (χ2n) is 1.98. The molecule has 0 aromatic rings. The van der Waals surface area contributed by atoms with Crippen molar-refractivity contribution in [1.29, 1.82) is 0 Å². The van der Waals surface area contributed by atoms with Gasteiger partial charge in [0, 0.05) is 0 Å². The topological polar surface area (TPSA) is 47.9 Å². The second kappa shape index (κ2) is 7.79. The van der Waals surface area contributed by atoms with Gasteiger partial charge in [-0.15, -0.1) is 0 Å². The maximum absolute atomic E-state index is 11.1. The Balaban J connectivity index is 4.05. The van der Waals surface area contributed by atoms with Crippen molar-refractivity contribution >= 4 is 27.6 Å². The molecule has 0 saturated carbocycles. The van der Waals surface area contributed by atoms with Gasteiger partial charge in [-0.2, -0.15) is 0 Å². The summed E-state index contributed by atoms with van der Waals surface area (Å²) in [4.78, 5) is 15.8. The molecular weight excluding hydrogens is 238 g/mol. The Morgan fingerprint density at radius 2 is 2.38 bits per heavy atom. The zero-order valence-electron chi connectivity index (χ0n) is 7.46. The number of oxime groups is 1. The molecule has 13 heavy (non-hydrogen) atoms. The molecule has 0 N–H and O–H groups in total. The molecule has 0 fully saturated rings. The maximum atomic E-state index is 11.1. The third-order valence-corrected chi connectivity index (χ3v) is 1.54. The molecule has 0 aromatic heterocycles. The Bertz CT molecular complexity index is 204. The average molecular weight is 250 g/mol. The average Bonchev–Trinajstić information content (AvgIpc) is 2.13. The molecule has 0 rings (SSSR count). The summed E-state index contributed by atoms with van der Waals surface area (Å²) in [6, 6.07) is 0. The van der Waals surface area contributed by atoms with E-state index in [1.165, 1.54) is 0 Å². The third-order valence-electron chi connectivity index (χ3n) is 1.00. The van der Waals surface area contributed by atoms with Crippen molar-refractivity contribution in [2.75, 3.05) is 18.5 Å². The summed E-state index contributed by atoms with van der Waals surface area (Å²) in [5.74, 6) is -0.469.